The third kappa shape index (κ3) is 3.32. The lowest BCUT2D eigenvalue weighted by Gasteiger charge is -2.30. The lowest BCUT2D eigenvalue weighted by atomic mass is 9.74. The van der Waals surface area contributed by atoms with Gasteiger partial charge in [-0.25, -0.2) is 0 Å². The van der Waals surface area contributed by atoms with Crippen molar-refractivity contribution in [1.29, 1.82) is 0 Å². The monoisotopic (exact) mass is 256 g/mol. The molecule has 1 rings (SSSR count). The van der Waals surface area contributed by atoms with Crippen molar-refractivity contribution in [2.75, 3.05) is 6.61 Å². The Morgan fingerprint density at radius 3 is 2.28 bits per heavy atom. The molecular weight excluding hydrogens is 240 g/mol. The van der Waals surface area contributed by atoms with Crippen LogP contribution in [0.3, 0.4) is 0 Å². The molecule has 3 atom stereocenters. The summed E-state index contributed by atoms with van der Waals surface area (Å²) in [6, 6.07) is 0. The van der Waals surface area contributed by atoms with Crippen molar-refractivity contribution >= 4 is 17.9 Å². The smallest absolute Gasteiger partial charge is 0.309 e. The number of aliphatic carboxylic acids is 2. The summed E-state index contributed by atoms with van der Waals surface area (Å²) in [5.74, 6) is -5.28. The van der Waals surface area contributed by atoms with Gasteiger partial charge >= 0.3 is 17.9 Å². The molecule has 6 heteroatoms. The summed E-state index contributed by atoms with van der Waals surface area (Å²) in [5.41, 5.74) is 0. The topological polar surface area (TPSA) is 101 Å². The van der Waals surface area contributed by atoms with Crippen LogP contribution < -0.4 is 0 Å². The minimum Gasteiger partial charge on any atom is -0.481 e. The Bertz CT molecular complexity index is 362. The summed E-state index contributed by atoms with van der Waals surface area (Å²) in [6.45, 7) is 3.49. The van der Waals surface area contributed by atoms with E-state index in [1.54, 1.807) is 0 Å². The zero-order chi connectivity index (χ0) is 13.7. The maximum atomic E-state index is 11.6. The lowest BCUT2D eigenvalue weighted by molar-refractivity contribution is -0.160. The van der Waals surface area contributed by atoms with Crippen LogP contribution in [0, 0.1) is 17.8 Å². The van der Waals surface area contributed by atoms with E-state index in [2.05, 4.69) is 6.58 Å². The van der Waals surface area contributed by atoms with Gasteiger partial charge in [0.1, 0.15) is 6.61 Å². The van der Waals surface area contributed by atoms with Gasteiger partial charge in [-0.15, -0.1) is 0 Å². The number of hydrogen-bond acceptors (Lipinski definition) is 4. The average Bonchev–Trinajstić information content (AvgIpc) is 2.34. The zero-order valence-corrected chi connectivity index (χ0v) is 9.87. The molecule has 100 valence electrons. The standard InChI is InChI=1S/C12H16O6/c1-2-5-18-12(17)7-3-4-8(10(13)14)9(6-7)11(15)16/h2,7-9H,1,3-6H2,(H,13,14)(H,15,16). The van der Waals surface area contributed by atoms with Gasteiger partial charge in [-0.1, -0.05) is 12.7 Å². The first kappa shape index (κ1) is 14.2. The molecule has 0 radical (unpaired) electrons. The van der Waals surface area contributed by atoms with E-state index in [1.165, 1.54) is 6.08 Å². The minimum atomic E-state index is -1.18. The average molecular weight is 256 g/mol. The molecule has 2 N–H and O–H groups in total. The molecular formula is C12H16O6. The van der Waals surface area contributed by atoms with E-state index in [0.29, 0.717) is 6.42 Å². The first-order valence-electron chi connectivity index (χ1n) is 5.70. The van der Waals surface area contributed by atoms with Crippen molar-refractivity contribution in [3.8, 4) is 0 Å². The summed E-state index contributed by atoms with van der Waals surface area (Å²) in [6.07, 6.45) is 1.97. The molecule has 0 bridgehead atoms. The normalized spacial score (nSPS) is 27.2. The summed E-state index contributed by atoms with van der Waals surface area (Å²) >= 11 is 0. The summed E-state index contributed by atoms with van der Waals surface area (Å²) in [4.78, 5) is 33.5. The van der Waals surface area contributed by atoms with Crippen LogP contribution in [0.4, 0.5) is 0 Å². The summed E-state index contributed by atoms with van der Waals surface area (Å²) < 4.78 is 4.86. The minimum absolute atomic E-state index is 0.0161. The van der Waals surface area contributed by atoms with E-state index >= 15 is 0 Å². The van der Waals surface area contributed by atoms with Crippen molar-refractivity contribution in [3.05, 3.63) is 12.7 Å². The van der Waals surface area contributed by atoms with Gasteiger partial charge < -0.3 is 14.9 Å². The van der Waals surface area contributed by atoms with Gasteiger partial charge in [0.05, 0.1) is 17.8 Å². The Hall–Kier alpha value is -1.85. The number of carbonyl (C=O) groups is 3. The SMILES string of the molecule is C=CCOC(=O)C1CCC(C(=O)O)C(C(=O)O)C1. The van der Waals surface area contributed by atoms with Gasteiger partial charge in [0.25, 0.3) is 0 Å². The second kappa shape index (κ2) is 6.18. The molecule has 0 aromatic rings. The Balaban J connectivity index is 2.68. The molecule has 0 aromatic heterocycles. The van der Waals surface area contributed by atoms with Gasteiger partial charge in [0.2, 0.25) is 0 Å². The van der Waals surface area contributed by atoms with Crippen LogP contribution in [0.2, 0.25) is 0 Å². The molecule has 0 aromatic carbocycles. The Labute approximate surface area is 104 Å². The highest BCUT2D eigenvalue weighted by Gasteiger charge is 2.41. The van der Waals surface area contributed by atoms with Crippen molar-refractivity contribution in [2.24, 2.45) is 17.8 Å². The fourth-order valence-corrected chi connectivity index (χ4v) is 2.21. The zero-order valence-electron chi connectivity index (χ0n) is 9.87. The molecule has 0 aliphatic heterocycles. The number of ether oxygens (including phenoxy) is 1. The van der Waals surface area contributed by atoms with Gasteiger partial charge in [0, 0.05) is 0 Å². The second-order valence-electron chi connectivity index (χ2n) is 4.32. The van der Waals surface area contributed by atoms with E-state index in [9.17, 15) is 14.4 Å². The molecule has 1 aliphatic carbocycles. The highest BCUT2D eigenvalue weighted by atomic mass is 16.5. The van der Waals surface area contributed by atoms with E-state index in [-0.39, 0.29) is 19.4 Å². The van der Waals surface area contributed by atoms with Gasteiger partial charge in [-0.3, -0.25) is 14.4 Å². The van der Waals surface area contributed by atoms with Crippen LogP contribution in [0.25, 0.3) is 0 Å². The molecule has 0 heterocycles. The molecule has 0 saturated heterocycles. The van der Waals surface area contributed by atoms with Crippen LogP contribution in [0.5, 0.6) is 0 Å². The Morgan fingerprint density at radius 2 is 1.78 bits per heavy atom. The van der Waals surface area contributed by atoms with E-state index in [1.807, 2.05) is 0 Å². The summed E-state index contributed by atoms with van der Waals surface area (Å²) in [7, 11) is 0. The van der Waals surface area contributed by atoms with Crippen molar-refractivity contribution in [1.82, 2.24) is 0 Å². The van der Waals surface area contributed by atoms with Crippen LogP contribution in [0.1, 0.15) is 19.3 Å². The van der Waals surface area contributed by atoms with E-state index in [4.69, 9.17) is 14.9 Å². The molecule has 0 amide bonds. The Kier molecular flexibility index (Phi) is 4.88. The highest BCUT2D eigenvalue weighted by molar-refractivity contribution is 5.82. The highest BCUT2D eigenvalue weighted by Crippen LogP contribution is 2.35. The van der Waals surface area contributed by atoms with Crippen molar-refractivity contribution in [2.45, 2.75) is 19.3 Å². The quantitative estimate of drug-likeness (QED) is 0.560. The lowest BCUT2D eigenvalue weighted by Crippen LogP contribution is -2.38. The number of esters is 1. The first-order valence-corrected chi connectivity index (χ1v) is 5.70. The van der Waals surface area contributed by atoms with Crippen molar-refractivity contribution < 1.29 is 29.3 Å². The molecule has 6 nitrogen and oxygen atoms in total. The predicted octanol–water partition coefficient (Wildman–Crippen LogP) is 0.917. The third-order valence-electron chi connectivity index (χ3n) is 3.16. The Morgan fingerprint density at radius 1 is 1.17 bits per heavy atom. The fraction of sp³-hybridized carbons (Fsp3) is 0.583. The number of carbonyl (C=O) groups excluding carboxylic acids is 1. The number of hydrogen-bond donors (Lipinski definition) is 2. The van der Waals surface area contributed by atoms with E-state index in [0.717, 1.165) is 0 Å². The van der Waals surface area contributed by atoms with Gasteiger partial charge in [-0.05, 0) is 19.3 Å². The molecule has 18 heavy (non-hydrogen) atoms. The molecule has 3 unspecified atom stereocenters. The maximum absolute atomic E-state index is 11.6. The molecule has 1 fully saturated rings. The second-order valence-corrected chi connectivity index (χ2v) is 4.32. The number of rotatable bonds is 5. The van der Waals surface area contributed by atoms with Gasteiger partial charge in [-0.2, -0.15) is 0 Å². The third-order valence-corrected chi connectivity index (χ3v) is 3.16. The van der Waals surface area contributed by atoms with Crippen LogP contribution in [-0.2, 0) is 19.1 Å². The van der Waals surface area contributed by atoms with E-state index < -0.39 is 35.7 Å². The van der Waals surface area contributed by atoms with Crippen LogP contribution in [0.15, 0.2) is 12.7 Å². The fourth-order valence-electron chi connectivity index (χ4n) is 2.21. The van der Waals surface area contributed by atoms with Crippen molar-refractivity contribution in [3.63, 3.8) is 0 Å². The molecule has 1 saturated carbocycles. The van der Waals surface area contributed by atoms with Gasteiger partial charge in [0.15, 0.2) is 0 Å². The maximum Gasteiger partial charge on any atom is 0.309 e. The largest absolute Gasteiger partial charge is 0.481 e. The predicted molar refractivity (Wildman–Crippen MR) is 60.7 cm³/mol. The van der Waals surface area contributed by atoms with Crippen LogP contribution >= 0.6 is 0 Å². The number of carboxylic acids is 2. The first-order chi connectivity index (χ1) is 8.47. The molecule has 0 spiro atoms. The number of carboxylic acid groups (broad SMARTS) is 2. The van der Waals surface area contributed by atoms with Crippen LogP contribution in [-0.4, -0.2) is 34.7 Å². The summed E-state index contributed by atoms with van der Waals surface area (Å²) in [5, 5.41) is 17.9. The molecule has 1 aliphatic rings.